The summed E-state index contributed by atoms with van der Waals surface area (Å²) in [4.78, 5) is 4.88. The topological polar surface area (TPSA) is 26.7 Å². The molecule has 0 amide bonds. The zero-order valence-electron chi connectivity index (χ0n) is 11.9. The largest absolute Gasteiger partial charge is 0.396 e. The lowest BCUT2D eigenvalue weighted by Crippen LogP contribution is -2.25. The molecular formula is C16H23ClN2O. The molecule has 20 heavy (non-hydrogen) atoms. The van der Waals surface area contributed by atoms with Crippen LogP contribution in [-0.2, 0) is 6.54 Å². The normalized spacial score (nSPS) is 23.7. The van der Waals surface area contributed by atoms with Crippen LogP contribution in [0.5, 0.6) is 0 Å². The molecule has 0 aromatic heterocycles. The first-order valence-corrected chi connectivity index (χ1v) is 8.01. The van der Waals surface area contributed by atoms with E-state index in [1.54, 1.807) is 0 Å². The summed E-state index contributed by atoms with van der Waals surface area (Å²) >= 11 is 6.45. The minimum absolute atomic E-state index is 0.304. The Bertz CT molecular complexity index is 460. The van der Waals surface area contributed by atoms with Gasteiger partial charge in [0.15, 0.2) is 0 Å². The van der Waals surface area contributed by atoms with Gasteiger partial charge in [0.05, 0.1) is 0 Å². The van der Waals surface area contributed by atoms with E-state index in [1.165, 1.54) is 24.1 Å². The van der Waals surface area contributed by atoms with Crippen LogP contribution in [0.1, 0.15) is 24.8 Å². The number of benzene rings is 1. The predicted octanol–water partition coefficient (Wildman–Crippen LogP) is 2.75. The zero-order valence-corrected chi connectivity index (χ0v) is 12.6. The van der Waals surface area contributed by atoms with Crippen LogP contribution in [0.25, 0.3) is 0 Å². The molecule has 0 radical (unpaired) electrons. The Morgan fingerprint density at radius 2 is 2.00 bits per heavy atom. The molecule has 2 aliphatic rings. The van der Waals surface area contributed by atoms with Crippen molar-refractivity contribution in [3.05, 3.63) is 28.8 Å². The second-order valence-electron chi connectivity index (χ2n) is 6.00. The van der Waals surface area contributed by atoms with Gasteiger partial charge in [0.1, 0.15) is 0 Å². The summed E-state index contributed by atoms with van der Waals surface area (Å²) in [5, 5.41) is 10.1. The lowest BCUT2D eigenvalue weighted by Gasteiger charge is -2.25. The van der Waals surface area contributed by atoms with E-state index in [9.17, 15) is 5.11 Å². The molecule has 1 atom stereocenters. The second kappa shape index (κ2) is 6.33. The number of anilines is 1. The highest BCUT2D eigenvalue weighted by Gasteiger charge is 2.24. The van der Waals surface area contributed by atoms with Gasteiger partial charge in [0, 0.05) is 49.1 Å². The fourth-order valence-corrected chi connectivity index (χ4v) is 3.62. The summed E-state index contributed by atoms with van der Waals surface area (Å²) < 4.78 is 0. The third kappa shape index (κ3) is 2.95. The summed E-state index contributed by atoms with van der Waals surface area (Å²) in [5.41, 5.74) is 2.57. The van der Waals surface area contributed by atoms with Crippen molar-refractivity contribution in [3.63, 3.8) is 0 Å². The van der Waals surface area contributed by atoms with Crippen LogP contribution < -0.4 is 4.90 Å². The smallest absolute Gasteiger partial charge is 0.0471 e. The van der Waals surface area contributed by atoms with Crippen LogP contribution >= 0.6 is 11.6 Å². The van der Waals surface area contributed by atoms with Crippen molar-refractivity contribution in [2.75, 3.05) is 37.7 Å². The molecule has 1 unspecified atom stereocenters. The molecule has 0 aliphatic carbocycles. The van der Waals surface area contributed by atoms with Crippen molar-refractivity contribution in [1.82, 2.24) is 4.90 Å². The number of hydrogen-bond acceptors (Lipinski definition) is 3. The molecule has 0 bridgehead atoms. The maximum absolute atomic E-state index is 9.27. The van der Waals surface area contributed by atoms with Crippen LogP contribution in [0, 0.1) is 5.92 Å². The maximum Gasteiger partial charge on any atom is 0.0471 e. The van der Waals surface area contributed by atoms with Crippen molar-refractivity contribution in [2.24, 2.45) is 5.92 Å². The van der Waals surface area contributed by atoms with Crippen LogP contribution in [0.15, 0.2) is 18.2 Å². The molecule has 2 fully saturated rings. The van der Waals surface area contributed by atoms with Crippen molar-refractivity contribution < 1.29 is 5.11 Å². The van der Waals surface area contributed by atoms with Crippen LogP contribution in [0.4, 0.5) is 5.69 Å². The fourth-order valence-electron chi connectivity index (χ4n) is 3.39. The van der Waals surface area contributed by atoms with Gasteiger partial charge in [-0.1, -0.05) is 17.7 Å². The van der Waals surface area contributed by atoms with Gasteiger partial charge in [-0.25, -0.2) is 0 Å². The number of hydrogen-bond donors (Lipinski definition) is 1. The molecule has 2 heterocycles. The van der Waals surface area contributed by atoms with Gasteiger partial charge in [-0.3, -0.25) is 4.90 Å². The molecule has 3 nitrogen and oxygen atoms in total. The zero-order chi connectivity index (χ0) is 13.9. The Hall–Kier alpha value is -0.770. The van der Waals surface area contributed by atoms with Crippen molar-refractivity contribution in [2.45, 2.75) is 25.8 Å². The van der Waals surface area contributed by atoms with Gasteiger partial charge in [-0.2, -0.15) is 0 Å². The van der Waals surface area contributed by atoms with Gasteiger partial charge in [-0.15, -0.1) is 0 Å². The number of likely N-dealkylation sites (tertiary alicyclic amines) is 1. The SMILES string of the molecule is OCC1CCN(Cc2c(Cl)cccc2N2CCCC2)C1. The van der Waals surface area contributed by atoms with E-state index in [4.69, 9.17) is 11.6 Å². The highest BCUT2D eigenvalue weighted by molar-refractivity contribution is 6.31. The Morgan fingerprint density at radius 1 is 1.20 bits per heavy atom. The fraction of sp³-hybridized carbons (Fsp3) is 0.625. The van der Waals surface area contributed by atoms with Gasteiger partial charge in [0.25, 0.3) is 0 Å². The first-order valence-electron chi connectivity index (χ1n) is 7.63. The summed E-state index contributed by atoms with van der Waals surface area (Å²) in [6.07, 6.45) is 3.66. The van der Waals surface area contributed by atoms with Crippen molar-refractivity contribution in [1.29, 1.82) is 0 Å². The van der Waals surface area contributed by atoms with Crippen LogP contribution in [0.2, 0.25) is 5.02 Å². The molecule has 1 aromatic rings. The molecule has 0 spiro atoms. The van der Waals surface area contributed by atoms with E-state index in [2.05, 4.69) is 21.9 Å². The average molecular weight is 295 g/mol. The number of aliphatic hydroxyl groups is 1. The number of nitrogens with zero attached hydrogens (tertiary/aromatic N) is 2. The molecule has 2 aliphatic heterocycles. The van der Waals surface area contributed by atoms with Gasteiger partial charge < -0.3 is 10.0 Å². The predicted molar refractivity (Wildman–Crippen MR) is 83.4 cm³/mol. The highest BCUT2D eigenvalue weighted by Crippen LogP contribution is 2.32. The third-order valence-electron chi connectivity index (χ3n) is 4.55. The van der Waals surface area contributed by atoms with E-state index < -0.39 is 0 Å². The summed E-state index contributed by atoms with van der Waals surface area (Å²) in [6.45, 7) is 5.55. The lowest BCUT2D eigenvalue weighted by atomic mass is 10.1. The molecular weight excluding hydrogens is 272 g/mol. The van der Waals surface area contributed by atoms with E-state index >= 15 is 0 Å². The first kappa shape index (κ1) is 14.2. The lowest BCUT2D eigenvalue weighted by molar-refractivity contribution is 0.220. The molecule has 2 saturated heterocycles. The van der Waals surface area contributed by atoms with E-state index in [-0.39, 0.29) is 0 Å². The minimum atomic E-state index is 0.304. The van der Waals surface area contributed by atoms with Gasteiger partial charge >= 0.3 is 0 Å². The van der Waals surface area contributed by atoms with E-state index in [0.29, 0.717) is 12.5 Å². The number of halogens is 1. The van der Waals surface area contributed by atoms with Crippen LogP contribution in [-0.4, -0.2) is 42.8 Å². The monoisotopic (exact) mass is 294 g/mol. The average Bonchev–Trinajstić information content (AvgIpc) is 3.12. The summed E-state index contributed by atoms with van der Waals surface area (Å²) in [7, 11) is 0. The van der Waals surface area contributed by atoms with E-state index in [0.717, 1.165) is 44.2 Å². The van der Waals surface area contributed by atoms with Gasteiger partial charge in [0.2, 0.25) is 0 Å². The van der Waals surface area contributed by atoms with Gasteiger partial charge in [-0.05, 0) is 43.9 Å². The molecule has 4 heteroatoms. The van der Waals surface area contributed by atoms with E-state index in [1.807, 2.05) is 6.07 Å². The van der Waals surface area contributed by atoms with Crippen molar-refractivity contribution >= 4 is 17.3 Å². The summed E-state index contributed by atoms with van der Waals surface area (Å²) in [5.74, 6) is 0.438. The highest BCUT2D eigenvalue weighted by atomic mass is 35.5. The third-order valence-corrected chi connectivity index (χ3v) is 4.90. The Kier molecular flexibility index (Phi) is 4.49. The number of rotatable bonds is 4. The summed E-state index contributed by atoms with van der Waals surface area (Å²) in [6, 6.07) is 6.25. The number of aliphatic hydroxyl groups excluding tert-OH is 1. The minimum Gasteiger partial charge on any atom is -0.396 e. The van der Waals surface area contributed by atoms with Crippen LogP contribution in [0.3, 0.4) is 0 Å². The Morgan fingerprint density at radius 3 is 2.70 bits per heavy atom. The van der Waals surface area contributed by atoms with Crippen molar-refractivity contribution in [3.8, 4) is 0 Å². The molecule has 1 N–H and O–H groups in total. The molecule has 110 valence electrons. The standard InChI is InChI=1S/C16H23ClN2O/c17-15-4-3-5-16(19-7-1-2-8-19)14(15)11-18-9-6-13(10-18)12-20/h3-5,13,20H,1-2,6-12H2. The second-order valence-corrected chi connectivity index (χ2v) is 6.41. The molecule has 1 aromatic carbocycles. The Labute approximate surface area is 126 Å². The maximum atomic E-state index is 9.27. The molecule has 0 saturated carbocycles. The molecule has 3 rings (SSSR count). The first-order chi connectivity index (χ1) is 9.78. The quantitative estimate of drug-likeness (QED) is 0.925. The Balaban J connectivity index is 1.77.